The number of carbonyl (C=O) groups excluding carboxylic acids is 4. The smallest absolute Gasteiger partial charge is 0.351 e. The zero-order chi connectivity index (χ0) is 24.0. The van der Waals surface area contributed by atoms with E-state index >= 15 is 0 Å². The fourth-order valence-corrected chi connectivity index (χ4v) is 4.85. The van der Waals surface area contributed by atoms with Gasteiger partial charge in [-0.2, -0.15) is 0 Å². The predicted molar refractivity (Wildman–Crippen MR) is 116 cm³/mol. The molecule has 0 aromatic heterocycles. The second-order valence-corrected chi connectivity index (χ2v) is 9.19. The van der Waals surface area contributed by atoms with Crippen LogP contribution in [-0.4, -0.2) is 41.5 Å². The van der Waals surface area contributed by atoms with E-state index in [1.54, 1.807) is 39.8 Å². The van der Waals surface area contributed by atoms with Crippen molar-refractivity contribution in [3.63, 3.8) is 0 Å². The minimum absolute atomic E-state index is 0.133. The van der Waals surface area contributed by atoms with Crippen molar-refractivity contribution in [1.29, 1.82) is 0 Å². The molecule has 0 aromatic carbocycles. The summed E-state index contributed by atoms with van der Waals surface area (Å²) in [5.74, 6) is -3.30. The second kappa shape index (κ2) is 8.52. The molecule has 0 radical (unpaired) electrons. The molecule has 172 valence electrons. The Hall–Kier alpha value is -2.96. The van der Waals surface area contributed by atoms with Gasteiger partial charge in [-0.1, -0.05) is 22.8 Å². The topological polar surface area (TPSA) is 96.0 Å². The predicted octanol–water partition coefficient (Wildman–Crippen LogP) is 3.54. The van der Waals surface area contributed by atoms with Crippen LogP contribution in [-0.2, 0) is 33.4 Å². The molecule has 2 aliphatic carbocycles. The monoisotopic (exact) mass is 442 g/mol. The highest BCUT2D eigenvalue weighted by atomic mass is 16.6. The Kier molecular flexibility index (Phi) is 6.31. The Morgan fingerprint density at radius 3 is 2.44 bits per heavy atom. The van der Waals surface area contributed by atoms with Crippen LogP contribution in [0, 0.1) is 11.8 Å². The van der Waals surface area contributed by atoms with E-state index in [9.17, 15) is 19.2 Å². The van der Waals surface area contributed by atoms with Crippen LogP contribution >= 0.6 is 0 Å². The summed E-state index contributed by atoms with van der Waals surface area (Å²) in [4.78, 5) is 51.0. The van der Waals surface area contributed by atoms with E-state index in [2.05, 4.69) is 0 Å². The number of hydrogen-bond acceptors (Lipinski definition) is 7. The number of hydrogen-bond donors (Lipinski definition) is 0. The molecule has 3 rings (SSSR count). The van der Waals surface area contributed by atoms with Crippen molar-refractivity contribution >= 4 is 23.7 Å². The highest BCUT2D eigenvalue weighted by Crippen LogP contribution is 2.51. The fraction of sp³-hybridized carbons (Fsp3) is 0.520. The number of fused-ring (bicyclic) bond motifs is 3. The molecular weight excluding hydrogens is 412 g/mol. The third-order valence-corrected chi connectivity index (χ3v) is 6.49. The van der Waals surface area contributed by atoms with Crippen LogP contribution in [0.5, 0.6) is 0 Å². The molecule has 7 nitrogen and oxygen atoms in total. The molecular formula is C25H30O7. The maximum atomic E-state index is 13.1. The Balaban J connectivity index is 2.11. The summed E-state index contributed by atoms with van der Waals surface area (Å²) in [7, 11) is 0. The first-order valence-electron chi connectivity index (χ1n) is 10.8. The molecule has 1 aliphatic heterocycles. The average Bonchev–Trinajstić information content (AvgIpc) is 3.06. The Bertz CT molecular complexity index is 1010. The van der Waals surface area contributed by atoms with Gasteiger partial charge >= 0.3 is 17.9 Å². The van der Waals surface area contributed by atoms with E-state index in [4.69, 9.17) is 14.2 Å². The van der Waals surface area contributed by atoms with Crippen molar-refractivity contribution < 1.29 is 33.4 Å². The normalized spacial score (nSPS) is 31.8. The fourth-order valence-electron chi connectivity index (χ4n) is 4.85. The van der Waals surface area contributed by atoms with Gasteiger partial charge in [-0.3, -0.25) is 4.79 Å². The van der Waals surface area contributed by atoms with Gasteiger partial charge < -0.3 is 14.2 Å². The average molecular weight is 443 g/mol. The summed E-state index contributed by atoms with van der Waals surface area (Å²) in [5.41, 5.74) is 1.55. The van der Waals surface area contributed by atoms with Crippen LogP contribution in [0.4, 0.5) is 0 Å². The van der Waals surface area contributed by atoms with Gasteiger partial charge in [0.2, 0.25) is 5.60 Å². The third-order valence-electron chi connectivity index (χ3n) is 6.49. The van der Waals surface area contributed by atoms with Gasteiger partial charge in [-0.25, -0.2) is 14.4 Å². The zero-order valence-electron chi connectivity index (χ0n) is 19.6. The van der Waals surface area contributed by atoms with Gasteiger partial charge in [0.1, 0.15) is 12.2 Å². The van der Waals surface area contributed by atoms with E-state index < -0.39 is 47.6 Å². The summed E-state index contributed by atoms with van der Waals surface area (Å²) in [6.45, 7) is 12.0. The standard InChI is InChI=1S/C25H30O7/c1-8-13(4)23(28)30-17-11-15(6)19-16(26)10-14(5)20(19)22-21(17)25(7,24(29)31-22)32-18(27)9-12(2)3/h8-10,17,20-22H,11H2,1-7H3/b13-8+/t17-,20-,21+,22-,25-/m0/s1. The first kappa shape index (κ1) is 23.7. The first-order valence-corrected chi connectivity index (χ1v) is 10.8. The van der Waals surface area contributed by atoms with Crippen LogP contribution in [0.2, 0.25) is 0 Å². The van der Waals surface area contributed by atoms with E-state index in [0.29, 0.717) is 16.7 Å². The number of rotatable bonds is 4. The van der Waals surface area contributed by atoms with E-state index in [1.165, 1.54) is 13.0 Å². The molecule has 0 N–H and O–H groups in total. The number of carbonyl (C=O) groups is 4. The van der Waals surface area contributed by atoms with E-state index in [1.807, 2.05) is 13.8 Å². The minimum Gasteiger partial charge on any atom is -0.458 e. The summed E-state index contributed by atoms with van der Waals surface area (Å²) >= 11 is 0. The lowest BCUT2D eigenvalue weighted by Crippen LogP contribution is -2.50. The maximum Gasteiger partial charge on any atom is 0.351 e. The van der Waals surface area contributed by atoms with E-state index in [0.717, 1.165) is 11.1 Å². The lowest BCUT2D eigenvalue weighted by atomic mass is 9.77. The van der Waals surface area contributed by atoms with Gasteiger partial charge in [0, 0.05) is 29.6 Å². The summed E-state index contributed by atoms with van der Waals surface area (Å²) in [6, 6.07) is 0. The molecule has 1 saturated heterocycles. The molecule has 32 heavy (non-hydrogen) atoms. The van der Waals surface area contributed by atoms with Crippen LogP contribution in [0.25, 0.3) is 0 Å². The van der Waals surface area contributed by atoms with Crippen LogP contribution in [0.1, 0.15) is 54.9 Å². The van der Waals surface area contributed by atoms with Crippen LogP contribution < -0.4 is 0 Å². The molecule has 0 bridgehead atoms. The third kappa shape index (κ3) is 3.96. The van der Waals surface area contributed by atoms with Crippen LogP contribution in [0.15, 0.2) is 46.1 Å². The molecule has 7 heteroatoms. The summed E-state index contributed by atoms with van der Waals surface area (Å²) in [6.07, 6.45) is 3.09. The molecule has 0 aromatic rings. The van der Waals surface area contributed by atoms with E-state index in [-0.39, 0.29) is 12.2 Å². The quantitative estimate of drug-likeness (QED) is 0.373. The Labute approximate surface area is 188 Å². The Morgan fingerprint density at radius 1 is 1.19 bits per heavy atom. The van der Waals surface area contributed by atoms with Gasteiger partial charge in [0.15, 0.2) is 5.78 Å². The molecule has 0 saturated carbocycles. The van der Waals surface area contributed by atoms with Gasteiger partial charge in [0.05, 0.1) is 5.92 Å². The largest absolute Gasteiger partial charge is 0.458 e. The number of ketones is 1. The first-order chi connectivity index (χ1) is 14.9. The van der Waals surface area contributed by atoms with Crippen LogP contribution in [0.3, 0.4) is 0 Å². The second-order valence-electron chi connectivity index (χ2n) is 9.19. The zero-order valence-corrected chi connectivity index (χ0v) is 19.6. The van der Waals surface area contributed by atoms with Gasteiger partial charge in [-0.15, -0.1) is 0 Å². The highest BCUT2D eigenvalue weighted by molar-refractivity contribution is 6.09. The number of allylic oxidation sites excluding steroid dienone is 3. The number of ether oxygens (including phenoxy) is 3. The van der Waals surface area contributed by atoms with Crippen molar-refractivity contribution in [1.82, 2.24) is 0 Å². The summed E-state index contributed by atoms with van der Waals surface area (Å²) < 4.78 is 17.3. The van der Waals surface area contributed by atoms with Gasteiger partial charge in [0.25, 0.3) is 0 Å². The lowest BCUT2D eigenvalue weighted by molar-refractivity contribution is -0.174. The molecule has 5 atom stereocenters. The molecule has 0 unspecified atom stereocenters. The highest BCUT2D eigenvalue weighted by Gasteiger charge is 2.65. The van der Waals surface area contributed by atoms with Crippen molar-refractivity contribution in [3.8, 4) is 0 Å². The van der Waals surface area contributed by atoms with Crippen molar-refractivity contribution in [3.05, 3.63) is 46.1 Å². The SMILES string of the molecule is C/C=C(\C)C(=O)O[C@H]1CC(C)=C2C(=O)C=C(C)[C@@H]2[C@@H]2OC(=O)[C@@](C)(OC(=O)C=C(C)C)[C@@H]21. The molecule has 0 spiro atoms. The van der Waals surface area contributed by atoms with Crippen molar-refractivity contribution in [2.24, 2.45) is 11.8 Å². The minimum atomic E-state index is -1.68. The molecule has 3 aliphatic rings. The molecule has 1 fully saturated rings. The van der Waals surface area contributed by atoms with Gasteiger partial charge in [-0.05, 0) is 54.5 Å². The number of esters is 3. The Morgan fingerprint density at radius 2 is 1.84 bits per heavy atom. The lowest BCUT2D eigenvalue weighted by Gasteiger charge is -2.34. The van der Waals surface area contributed by atoms with Crippen molar-refractivity contribution in [2.45, 2.75) is 72.7 Å². The molecule has 0 amide bonds. The van der Waals surface area contributed by atoms with Crippen molar-refractivity contribution in [2.75, 3.05) is 0 Å². The summed E-state index contributed by atoms with van der Waals surface area (Å²) in [5, 5.41) is 0. The maximum absolute atomic E-state index is 13.1. The molecule has 1 heterocycles.